The third-order valence-electron chi connectivity index (χ3n) is 9.67. The minimum Gasteiger partial charge on any atom is -0.497 e. The van der Waals surface area contributed by atoms with Gasteiger partial charge in [0.25, 0.3) is 15.9 Å². The summed E-state index contributed by atoms with van der Waals surface area (Å²) >= 11 is 0. The minimum atomic E-state index is -4.71. The molecular formula is C35H42FN5O7S. The fourth-order valence-corrected chi connectivity index (χ4v) is 8.69. The molecule has 262 valence electrons. The maximum absolute atomic E-state index is 15.2. The fraction of sp³-hybridized carbons (Fsp3) is 0.429. The summed E-state index contributed by atoms with van der Waals surface area (Å²) in [5.41, 5.74) is -2.15. The number of piperidine rings is 1. The summed E-state index contributed by atoms with van der Waals surface area (Å²) in [7, 11) is 0.145. The van der Waals surface area contributed by atoms with Gasteiger partial charge in [-0.2, -0.15) is 4.31 Å². The number of urea groups is 1. The predicted octanol–water partition coefficient (Wildman–Crippen LogP) is 3.64. The Morgan fingerprint density at radius 3 is 2.31 bits per heavy atom. The van der Waals surface area contributed by atoms with Gasteiger partial charge in [0.05, 0.1) is 26.5 Å². The first-order valence-electron chi connectivity index (χ1n) is 16.4. The molecule has 3 aliphatic rings. The van der Waals surface area contributed by atoms with Gasteiger partial charge in [-0.1, -0.05) is 18.2 Å². The van der Waals surface area contributed by atoms with Crippen LogP contribution in [0.2, 0.25) is 0 Å². The molecule has 3 aromatic carbocycles. The Bertz CT molecular complexity index is 1830. The molecule has 0 saturated carbocycles. The highest BCUT2D eigenvalue weighted by Crippen LogP contribution is 2.50. The number of ether oxygens (including phenoxy) is 3. The summed E-state index contributed by atoms with van der Waals surface area (Å²) < 4.78 is 61.5. The van der Waals surface area contributed by atoms with Gasteiger partial charge in [0.1, 0.15) is 28.0 Å². The Balaban J connectivity index is 1.43. The van der Waals surface area contributed by atoms with Crippen LogP contribution >= 0.6 is 0 Å². The van der Waals surface area contributed by atoms with Gasteiger partial charge in [0.2, 0.25) is 0 Å². The molecule has 1 unspecified atom stereocenters. The number of amides is 3. The monoisotopic (exact) mass is 695 g/mol. The number of nitrogens with one attached hydrogen (secondary N) is 1. The standard InChI is InChI=1S/C35H42FN5O7S/c1-5-48-30-9-7-6-8-27(30)35(37-34(43)40-20-18-39(19-21-40)25-14-16-38(2)17-15-25)28-22-24(36)10-12-29(28)41(33(35)42)49(44,45)32-13-11-26(46-3)23-31(32)47-4/h6-13,22-23,25H,5,14-21H2,1-4H3,(H,37,43). The van der Waals surface area contributed by atoms with Gasteiger partial charge < -0.3 is 29.3 Å². The van der Waals surface area contributed by atoms with Crippen LogP contribution in [0.15, 0.2) is 65.6 Å². The normalized spacial score (nSPS) is 20.6. The molecule has 3 heterocycles. The van der Waals surface area contributed by atoms with Crippen molar-refractivity contribution in [3.05, 3.63) is 77.6 Å². The van der Waals surface area contributed by atoms with E-state index < -0.39 is 33.3 Å². The topological polar surface area (TPSA) is 121 Å². The zero-order chi connectivity index (χ0) is 34.9. The molecule has 12 nitrogen and oxygen atoms in total. The van der Waals surface area contributed by atoms with Crippen LogP contribution in [-0.4, -0.2) is 108 Å². The number of rotatable bonds is 9. The summed E-state index contributed by atoms with van der Waals surface area (Å²) in [6.07, 6.45) is 2.11. The van der Waals surface area contributed by atoms with E-state index >= 15 is 9.18 Å². The van der Waals surface area contributed by atoms with Crippen molar-refractivity contribution < 1.29 is 36.6 Å². The molecule has 49 heavy (non-hydrogen) atoms. The van der Waals surface area contributed by atoms with Gasteiger partial charge in [-0.25, -0.2) is 17.6 Å². The van der Waals surface area contributed by atoms with E-state index in [2.05, 4.69) is 22.2 Å². The SMILES string of the molecule is CCOc1ccccc1C1(NC(=O)N2CCN(C3CCN(C)CC3)CC2)C(=O)N(S(=O)(=O)c2ccc(OC)cc2OC)c2ccc(F)cc21. The average Bonchev–Trinajstić information content (AvgIpc) is 3.36. The molecule has 0 spiro atoms. The van der Waals surface area contributed by atoms with Crippen molar-refractivity contribution >= 4 is 27.6 Å². The number of carbonyl (C=O) groups is 2. The molecule has 0 aliphatic carbocycles. The molecule has 0 bridgehead atoms. The number of benzene rings is 3. The quantitative estimate of drug-likeness (QED) is 0.358. The van der Waals surface area contributed by atoms with Crippen LogP contribution in [0.1, 0.15) is 30.9 Å². The Kier molecular flexibility index (Phi) is 9.74. The first-order valence-corrected chi connectivity index (χ1v) is 17.8. The van der Waals surface area contributed by atoms with Crippen molar-refractivity contribution in [3.63, 3.8) is 0 Å². The van der Waals surface area contributed by atoms with Crippen molar-refractivity contribution in [2.45, 2.75) is 36.2 Å². The van der Waals surface area contributed by atoms with Gasteiger partial charge in [-0.3, -0.25) is 9.69 Å². The summed E-state index contributed by atoms with van der Waals surface area (Å²) in [4.78, 5) is 35.3. The zero-order valence-electron chi connectivity index (χ0n) is 28.1. The number of halogens is 1. The van der Waals surface area contributed by atoms with Crippen molar-refractivity contribution in [2.24, 2.45) is 0 Å². The van der Waals surface area contributed by atoms with E-state index in [-0.39, 0.29) is 39.8 Å². The summed E-state index contributed by atoms with van der Waals surface area (Å²) in [6.45, 7) is 6.13. The first-order chi connectivity index (χ1) is 23.5. The van der Waals surface area contributed by atoms with Gasteiger partial charge >= 0.3 is 6.03 Å². The van der Waals surface area contributed by atoms with Crippen LogP contribution in [0.25, 0.3) is 0 Å². The molecule has 3 aliphatic heterocycles. The lowest BCUT2D eigenvalue weighted by Crippen LogP contribution is -2.61. The lowest BCUT2D eigenvalue weighted by molar-refractivity contribution is -0.121. The number of sulfonamides is 1. The molecule has 3 aromatic rings. The van der Waals surface area contributed by atoms with Crippen molar-refractivity contribution in [2.75, 3.05) is 71.4 Å². The molecule has 1 atom stereocenters. The Morgan fingerprint density at radius 2 is 1.63 bits per heavy atom. The zero-order valence-corrected chi connectivity index (χ0v) is 29.0. The molecule has 1 N–H and O–H groups in total. The number of fused-ring (bicyclic) bond motifs is 1. The van der Waals surface area contributed by atoms with E-state index in [4.69, 9.17) is 14.2 Å². The van der Waals surface area contributed by atoms with Crippen LogP contribution in [-0.2, 0) is 20.4 Å². The van der Waals surface area contributed by atoms with Gasteiger partial charge in [0, 0.05) is 49.4 Å². The largest absolute Gasteiger partial charge is 0.497 e. The number of para-hydroxylation sites is 1. The number of carbonyl (C=O) groups excluding carboxylic acids is 2. The van der Waals surface area contributed by atoms with Crippen LogP contribution in [0, 0.1) is 5.82 Å². The second-order valence-corrected chi connectivity index (χ2v) is 14.2. The summed E-state index contributed by atoms with van der Waals surface area (Å²) in [5, 5.41) is 2.92. The minimum absolute atomic E-state index is 0.0426. The molecule has 14 heteroatoms. The van der Waals surface area contributed by atoms with Crippen LogP contribution < -0.4 is 23.8 Å². The second kappa shape index (κ2) is 13.8. The Hall–Kier alpha value is -4.40. The van der Waals surface area contributed by atoms with E-state index in [1.54, 1.807) is 36.1 Å². The van der Waals surface area contributed by atoms with Crippen molar-refractivity contribution in [3.8, 4) is 17.2 Å². The molecule has 0 radical (unpaired) electrons. The third-order valence-corrected chi connectivity index (χ3v) is 11.4. The van der Waals surface area contributed by atoms with Gasteiger partial charge in [-0.05, 0) is 76.3 Å². The number of anilines is 1. The van der Waals surface area contributed by atoms with Crippen LogP contribution in [0.3, 0.4) is 0 Å². The highest BCUT2D eigenvalue weighted by atomic mass is 32.2. The maximum Gasteiger partial charge on any atom is 0.318 e. The van der Waals surface area contributed by atoms with Crippen LogP contribution in [0.5, 0.6) is 17.2 Å². The molecule has 3 amide bonds. The number of piperazine rings is 1. The lowest BCUT2D eigenvalue weighted by Gasteiger charge is -2.43. The number of hydrogen-bond donors (Lipinski definition) is 1. The van der Waals surface area contributed by atoms with Crippen LogP contribution in [0.4, 0.5) is 14.9 Å². The van der Waals surface area contributed by atoms with E-state index in [1.807, 2.05) is 0 Å². The molecule has 0 aromatic heterocycles. The van der Waals surface area contributed by atoms with E-state index in [0.717, 1.165) is 38.1 Å². The molecular weight excluding hydrogens is 653 g/mol. The van der Waals surface area contributed by atoms with Gasteiger partial charge in [0.15, 0.2) is 5.54 Å². The number of methoxy groups -OCH3 is 2. The van der Waals surface area contributed by atoms with Gasteiger partial charge in [-0.15, -0.1) is 0 Å². The molecule has 2 fully saturated rings. The fourth-order valence-electron chi connectivity index (χ4n) is 7.08. The van der Waals surface area contributed by atoms with E-state index in [0.29, 0.717) is 42.3 Å². The first kappa shape index (κ1) is 34.5. The predicted molar refractivity (Wildman–Crippen MR) is 181 cm³/mol. The Morgan fingerprint density at radius 1 is 0.918 bits per heavy atom. The number of hydrogen-bond acceptors (Lipinski definition) is 9. The lowest BCUT2D eigenvalue weighted by atomic mass is 9.83. The average molecular weight is 696 g/mol. The smallest absolute Gasteiger partial charge is 0.318 e. The van der Waals surface area contributed by atoms with E-state index in [1.165, 1.54) is 38.5 Å². The van der Waals surface area contributed by atoms with E-state index in [9.17, 15) is 13.2 Å². The van der Waals surface area contributed by atoms with Crippen molar-refractivity contribution in [1.29, 1.82) is 0 Å². The second-order valence-electron chi connectivity index (χ2n) is 12.4. The maximum atomic E-state index is 15.2. The Labute approximate surface area is 286 Å². The summed E-state index contributed by atoms with van der Waals surface area (Å²) in [6, 6.07) is 13.9. The number of nitrogens with zero attached hydrogens (tertiary/aromatic N) is 4. The highest BCUT2D eigenvalue weighted by molar-refractivity contribution is 7.93. The highest BCUT2D eigenvalue weighted by Gasteiger charge is 2.59. The molecule has 6 rings (SSSR count). The van der Waals surface area contributed by atoms with Crippen molar-refractivity contribution in [1.82, 2.24) is 20.0 Å². The third kappa shape index (κ3) is 6.17. The molecule has 2 saturated heterocycles. The summed E-state index contributed by atoms with van der Waals surface area (Å²) in [5.74, 6) is -1.21. The number of likely N-dealkylation sites (tertiary alicyclic amines) is 1.